The fourth-order valence-electron chi connectivity index (χ4n) is 2.88. The van der Waals surface area contributed by atoms with Crippen molar-refractivity contribution in [3.8, 4) is 0 Å². The predicted octanol–water partition coefficient (Wildman–Crippen LogP) is 8.23. The van der Waals surface area contributed by atoms with E-state index in [2.05, 4.69) is 79.4 Å². The second-order valence-electron chi connectivity index (χ2n) is 7.18. The molecule has 0 spiro atoms. The van der Waals surface area contributed by atoms with Crippen molar-refractivity contribution in [3.05, 3.63) is 108 Å². The van der Waals surface area contributed by atoms with Gasteiger partial charge in [0.1, 0.15) is 0 Å². The summed E-state index contributed by atoms with van der Waals surface area (Å²) in [7, 11) is -0.0879. The quantitative estimate of drug-likeness (QED) is 0.179. The summed E-state index contributed by atoms with van der Waals surface area (Å²) in [6.07, 6.45) is 13.8. The van der Waals surface area contributed by atoms with Gasteiger partial charge in [-0.3, -0.25) is 0 Å². The minimum atomic E-state index is -0.326. The lowest BCUT2D eigenvalue weighted by Crippen LogP contribution is -2.09. The maximum absolute atomic E-state index is 11.5. The van der Waals surface area contributed by atoms with Crippen LogP contribution in [0.4, 0.5) is 0 Å². The van der Waals surface area contributed by atoms with Gasteiger partial charge in [0.2, 0.25) is 0 Å². The summed E-state index contributed by atoms with van der Waals surface area (Å²) in [5, 5.41) is 0. The van der Waals surface area contributed by atoms with Gasteiger partial charge in [0.05, 0.1) is 17.5 Å². The molecule has 0 amide bonds. The van der Waals surface area contributed by atoms with E-state index in [1.165, 1.54) is 14.7 Å². The van der Waals surface area contributed by atoms with E-state index in [9.17, 15) is 4.79 Å². The van der Waals surface area contributed by atoms with Gasteiger partial charge < -0.3 is 4.74 Å². The van der Waals surface area contributed by atoms with Gasteiger partial charge in [-0.2, -0.15) is 0 Å². The molecule has 3 heteroatoms. The average molecular weight is 464 g/mol. The Kier molecular flexibility index (Phi) is 14.4. The summed E-state index contributed by atoms with van der Waals surface area (Å²) in [6, 6.07) is 19.4. The topological polar surface area (TPSA) is 26.3 Å². The molecule has 0 fully saturated rings. The van der Waals surface area contributed by atoms with Gasteiger partial charge in [0.15, 0.2) is 14.7 Å². The van der Waals surface area contributed by atoms with Crippen molar-refractivity contribution >= 4 is 16.9 Å². The summed E-state index contributed by atoms with van der Waals surface area (Å²) in [4.78, 5) is 15.5. The zero-order valence-electron chi connectivity index (χ0n) is 20.8. The summed E-state index contributed by atoms with van der Waals surface area (Å²) in [6.45, 7) is 13.6. The molecule has 0 saturated carbocycles. The lowest BCUT2D eigenvalue weighted by Gasteiger charge is -2.11. The molecule has 1 aliphatic carbocycles. The van der Waals surface area contributed by atoms with E-state index in [4.69, 9.17) is 4.74 Å². The van der Waals surface area contributed by atoms with Crippen LogP contribution < -0.4 is 0 Å². The highest BCUT2D eigenvalue weighted by Gasteiger charge is 2.29. The van der Waals surface area contributed by atoms with Crippen LogP contribution in [0.15, 0.2) is 112 Å². The molecule has 0 bridgehead atoms. The molecule has 33 heavy (non-hydrogen) atoms. The van der Waals surface area contributed by atoms with Gasteiger partial charge >= 0.3 is 5.97 Å². The molecule has 2 aromatic carbocycles. The van der Waals surface area contributed by atoms with Crippen LogP contribution in [0.2, 0.25) is 0 Å². The maximum atomic E-state index is 11.5. The van der Waals surface area contributed by atoms with Crippen LogP contribution >= 0.6 is 0 Å². The molecule has 1 atom stereocenters. The van der Waals surface area contributed by atoms with Crippen molar-refractivity contribution in [2.24, 2.45) is 0 Å². The van der Waals surface area contributed by atoms with E-state index < -0.39 is 0 Å². The van der Waals surface area contributed by atoms with Crippen LogP contribution in [0.3, 0.4) is 0 Å². The molecule has 2 aromatic rings. The zero-order chi connectivity index (χ0) is 24.5. The molecule has 0 radical (unpaired) electrons. The highest BCUT2D eigenvalue weighted by atomic mass is 32.2. The Morgan fingerprint density at radius 2 is 1.58 bits per heavy atom. The molecular formula is C30H39O2S+. The third-order valence-corrected chi connectivity index (χ3v) is 6.90. The van der Waals surface area contributed by atoms with Crippen molar-refractivity contribution < 1.29 is 9.53 Å². The Balaban J connectivity index is 0.000000820. The third-order valence-electron chi connectivity index (χ3n) is 4.64. The number of carbonyl (C=O) groups excluding carboxylic acids is 1. The number of hydrogen-bond donors (Lipinski definition) is 0. The minimum absolute atomic E-state index is 0.0879. The van der Waals surface area contributed by atoms with E-state index in [-0.39, 0.29) is 16.9 Å². The van der Waals surface area contributed by atoms with Gasteiger partial charge in [-0.25, -0.2) is 4.79 Å². The van der Waals surface area contributed by atoms with E-state index in [0.29, 0.717) is 18.6 Å². The third kappa shape index (κ3) is 10.1. The monoisotopic (exact) mass is 463 g/mol. The molecule has 176 valence electrons. The Morgan fingerprint density at radius 3 is 2.09 bits per heavy atom. The second-order valence-corrected chi connectivity index (χ2v) is 9.21. The number of hydrogen-bond acceptors (Lipinski definition) is 2. The lowest BCUT2D eigenvalue weighted by atomic mass is 10.2. The molecule has 0 aliphatic heterocycles. The van der Waals surface area contributed by atoms with Crippen LogP contribution in [0.5, 0.6) is 0 Å². The molecule has 0 aromatic heterocycles. The summed E-state index contributed by atoms with van der Waals surface area (Å²) >= 11 is 0. The Hall–Kier alpha value is -2.78. The maximum Gasteiger partial charge on any atom is 0.333 e. The van der Waals surface area contributed by atoms with Gasteiger partial charge in [-0.05, 0) is 75.6 Å². The smallest absolute Gasteiger partial charge is 0.333 e. The minimum Gasteiger partial charge on any atom is -0.462 e. The number of benzene rings is 2. The van der Waals surface area contributed by atoms with Crippen molar-refractivity contribution in [1.82, 2.24) is 0 Å². The van der Waals surface area contributed by atoms with Crippen LogP contribution in [0, 0.1) is 0 Å². The standard InChI is InChI=1S/C24H25O2S.C4H8.C2H6/c1-19(2)24(25)26-18-17-20-13-15-23(16-14-20)27(21-9-5-3-6-10-21)22-11-7-4-8-12-22;1-3-4-2;1-2/h3,5-7,9-16H,1,4,8,17-18H2,2H3;3-4H,1-2H3;1-2H3/q+1;;/b;4-3-;. The summed E-state index contributed by atoms with van der Waals surface area (Å²) < 4.78 is 5.19. The molecule has 0 N–H and O–H groups in total. The average Bonchev–Trinajstić information content (AvgIpc) is 2.87. The normalized spacial score (nSPS) is 13.1. The Bertz CT molecular complexity index is 918. The fraction of sp³-hybridized carbons (Fsp3) is 0.300. The van der Waals surface area contributed by atoms with Gasteiger partial charge in [0.25, 0.3) is 0 Å². The van der Waals surface area contributed by atoms with Crippen molar-refractivity contribution in [1.29, 1.82) is 0 Å². The second kappa shape index (κ2) is 16.8. The Labute approximate surface area is 204 Å². The summed E-state index contributed by atoms with van der Waals surface area (Å²) in [5.74, 6) is -0.326. The lowest BCUT2D eigenvalue weighted by molar-refractivity contribution is -0.138. The van der Waals surface area contributed by atoms with Gasteiger partial charge in [0, 0.05) is 12.0 Å². The van der Waals surface area contributed by atoms with Crippen molar-refractivity contribution in [3.63, 3.8) is 0 Å². The number of ether oxygens (including phenoxy) is 1. The van der Waals surface area contributed by atoms with Crippen LogP contribution in [0.25, 0.3) is 0 Å². The highest BCUT2D eigenvalue weighted by molar-refractivity contribution is 8.00. The van der Waals surface area contributed by atoms with Crippen molar-refractivity contribution in [2.75, 3.05) is 6.61 Å². The predicted molar refractivity (Wildman–Crippen MR) is 145 cm³/mol. The van der Waals surface area contributed by atoms with Gasteiger partial charge in [-0.1, -0.05) is 69.0 Å². The van der Waals surface area contributed by atoms with Crippen LogP contribution in [0.1, 0.15) is 53.0 Å². The first-order chi connectivity index (χ1) is 16.1. The van der Waals surface area contributed by atoms with Crippen molar-refractivity contribution in [2.45, 2.75) is 63.7 Å². The Morgan fingerprint density at radius 1 is 0.970 bits per heavy atom. The zero-order valence-corrected chi connectivity index (χ0v) is 21.7. The first-order valence-corrected chi connectivity index (χ1v) is 12.9. The molecule has 3 rings (SSSR count). The number of allylic oxidation sites excluding steroid dienone is 5. The fourth-order valence-corrected chi connectivity index (χ4v) is 5.05. The summed E-state index contributed by atoms with van der Waals surface area (Å²) in [5.41, 5.74) is 1.60. The number of carbonyl (C=O) groups is 1. The molecule has 1 aliphatic rings. The van der Waals surface area contributed by atoms with E-state index in [1.54, 1.807) is 6.92 Å². The molecule has 2 nitrogen and oxygen atoms in total. The molecule has 0 saturated heterocycles. The number of rotatable bonds is 7. The first-order valence-electron chi connectivity index (χ1n) is 11.7. The first kappa shape index (κ1) is 28.3. The van der Waals surface area contributed by atoms with Crippen LogP contribution in [-0.4, -0.2) is 12.6 Å². The number of esters is 1. The molecular weight excluding hydrogens is 424 g/mol. The SMILES string of the molecule is C/C=C\C.C=C(C)C(=O)OCCc1ccc([S+](C2=CCCC=C2)c2ccccc2)cc1.CC. The van der Waals surface area contributed by atoms with E-state index in [0.717, 1.165) is 18.4 Å². The van der Waals surface area contributed by atoms with E-state index in [1.807, 2.05) is 39.8 Å². The highest BCUT2D eigenvalue weighted by Crippen LogP contribution is 2.33. The van der Waals surface area contributed by atoms with E-state index >= 15 is 0 Å². The molecule has 0 heterocycles. The molecule has 1 unspecified atom stereocenters. The van der Waals surface area contributed by atoms with Crippen LogP contribution in [-0.2, 0) is 26.8 Å². The largest absolute Gasteiger partial charge is 0.462 e. The van der Waals surface area contributed by atoms with Gasteiger partial charge in [-0.15, -0.1) is 0 Å².